The molecular weight excluding hydrogens is 512 g/mol. The monoisotopic (exact) mass is 536 g/mol. The van der Waals surface area contributed by atoms with Crippen molar-refractivity contribution in [2.24, 2.45) is 5.73 Å². The minimum Gasteiger partial charge on any atom is -0.493 e. The molecule has 202 valence electrons. The van der Waals surface area contributed by atoms with E-state index in [-0.39, 0.29) is 31.9 Å². The second-order valence-corrected chi connectivity index (χ2v) is 8.12. The number of anilines is 1. The largest absolute Gasteiger partial charge is 0.493 e. The lowest BCUT2D eigenvalue weighted by atomic mass is 10.0. The molecule has 0 aliphatic carbocycles. The van der Waals surface area contributed by atoms with Gasteiger partial charge in [-0.25, -0.2) is 17.6 Å². The van der Waals surface area contributed by atoms with Gasteiger partial charge in [0.15, 0.2) is 17.4 Å². The summed E-state index contributed by atoms with van der Waals surface area (Å²) in [5.74, 6) is -7.53. The third-order valence-electron chi connectivity index (χ3n) is 5.50. The number of carboxylic acid groups (broad SMARTS) is 1. The van der Waals surface area contributed by atoms with Crippen molar-refractivity contribution in [2.45, 2.75) is 18.9 Å². The van der Waals surface area contributed by atoms with Crippen LogP contribution in [0.2, 0.25) is 0 Å². The number of aromatic nitrogens is 1. The number of halogens is 4. The highest BCUT2D eigenvalue weighted by Crippen LogP contribution is 2.27. The van der Waals surface area contributed by atoms with E-state index in [1.54, 1.807) is 0 Å². The van der Waals surface area contributed by atoms with Crippen molar-refractivity contribution in [3.05, 3.63) is 87.2 Å². The maximum atomic E-state index is 15.0. The van der Waals surface area contributed by atoms with E-state index in [4.69, 9.17) is 21.3 Å². The number of nitrogens with zero attached hydrogens (tertiary/aromatic N) is 1. The number of hydrogen-bond acceptors (Lipinski definition) is 7. The molecule has 0 saturated heterocycles. The third kappa shape index (κ3) is 6.36. The molecule has 3 aromatic rings. The molecule has 1 heterocycles. The Morgan fingerprint density at radius 1 is 1.00 bits per heavy atom. The number of rotatable bonds is 12. The van der Waals surface area contributed by atoms with Crippen LogP contribution in [0, 0.1) is 23.3 Å². The van der Waals surface area contributed by atoms with Gasteiger partial charge in [-0.2, -0.15) is 0 Å². The van der Waals surface area contributed by atoms with Gasteiger partial charge in [-0.1, -0.05) is 0 Å². The molecule has 6 N–H and O–H groups in total. The number of hydrogen-bond donors (Lipinski definition) is 4. The molecule has 3 rings (SSSR count). The number of ether oxygens (including phenoxy) is 1. The van der Waals surface area contributed by atoms with Gasteiger partial charge >= 0.3 is 5.97 Å². The lowest BCUT2D eigenvalue weighted by Gasteiger charge is -2.16. The first kappa shape index (κ1) is 28.3. The van der Waals surface area contributed by atoms with Crippen LogP contribution in [0.25, 0.3) is 5.69 Å². The van der Waals surface area contributed by atoms with Crippen LogP contribution in [0.4, 0.5) is 23.4 Å². The van der Waals surface area contributed by atoms with Gasteiger partial charge in [-0.05, 0) is 44.1 Å². The Bertz CT molecular complexity index is 1390. The van der Waals surface area contributed by atoms with Gasteiger partial charge in [0, 0.05) is 24.3 Å². The van der Waals surface area contributed by atoms with E-state index >= 15 is 0 Å². The molecule has 9 nitrogen and oxygen atoms in total. The highest BCUT2D eigenvalue weighted by molar-refractivity contribution is 6.11. The third-order valence-corrected chi connectivity index (χ3v) is 5.50. The standard InChI is InChI=1S/C25H24F4N4O5/c26-13-2-3-15(17(27)10-13)23(35)16-4-5-21(34)33(24(16)31)22-18(28)11-14(12-19(22)29)38-9-1-8-32-20(6-7-30)25(36)37/h2-5,10-12,20,32H,1,6-9,30-31H2,(H,36,37)/t20-/m0/s1. The normalized spacial score (nSPS) is 11.8. The molecule has 0 bridgehead atoms. The average Bonchev–Trinajstić information content (AvgIpc) is 2.84. The van der Waals surface area contributed by atoms with Gasteiger partial charge in [-0.3, -0.25) is 19.0 Å². The minimum atomic E-state index is -1.24. The van der Waals surface area contributed by atoms with Crippen molar-refractivity contribution in [1.82, 2.24) is 9.88 Å². The first-order chi connectivity index (χ1) is 18.0. The first-order valence-electron chi connectivity index (χ1n) is 11.3. The summed E-state index contributed by atoms with van der Waals surface area (Å²) in [6, 6.07) is 4.80. The van der Waals surface area contributed by atoms with Crippen molar-refractivity contribution in [2.75, 3.05) is 25.4 Å². The summed E-state index contributed by atoms with van der Waals surface area (Å²) in [5.41, 5.74) is 8.43. The fourth-order valence-corrected chi connectivity index (χ4v) is 3.65. The number of carboxylic acids is 1. The van der Waals surface area contributed by atoms with Crippen LogP contribution in [0.3, 0.4) is 0 Å². The van der Waals surface area contributed by atoms with E-state index < -0.39 is 69.3 Å². The second-order valence-electron chi connectivity index (χ2n) is 8.12. The quantitative estimate of drug-likeness (QED) is 0.157. The van der Waals surface area contributed by atoms with E-state index in [1.165, 1.54) is 0 Å². The Hall–Kier alpha value is -4.23. The predicted molar refractivity (Wildman–Crippen MR) is 129 cm³/mol. The summed E-state index contributed by atoms with van der Waals surface area (Å²) in [7, 11) is 0. The predicted octanol–water partition coefficient (Wildman–Crippen LogP) is 2.37. The van der Waals surface area contributed by atoms with Gasteiger partial charge in [0.1, 0.15) is 34.9 Å². The lowest BCUT2D eigenvalue weighted by Crippen LogP contribution is -2.39. The molecule has 1 aromatic heterocycles. The molecule has 0 aliphatic rings. The molecule has 0 fully saturated rings. The van der Waals surface area contributed by atoms with Crippen molar-refractivity contribution in [3.63, 3.8) is 0 Å². The summed E-state index contributed by atoms with van der Waals surface area (Å²) in [6.07, 6.45) is 0.526. The zero-order chi connectivity index (χ0) is 28.0. The van der Waals surface area contributed by atoms with Crippen molar-refractivity contribution in [1.29, 1.82) is 0 Å². The maximum Gasteiger partial charge on any atom is 0.320 e. The molecule has 1 atom stereocenters. The summed E-state index contributed by atoms with van der Waals surface area (Å²) in [5, 5.41) is 11.8. The molecule has 0 saturated carbocycles. The summed E-state index contributed by atoms with van der Waals surface area (Å²) in [6.45, 7) is 0.399. The SMILES string of the molecule is NCC[C@H](NCCCOc1cc(F)c(-n2c(N)c(C(=O)c3ccc(F)cc3F)ccc2=O)c(F)c1)C(=O)O. The van der Waals surface area contributed by atoms with Crippen LogP contribution in [-0.4, -0.2) is 47.2 Å². The molecule has 13 heteroatoms. The fraction of sp³-hybridized carbons (Fsp3) is 0.240. The zero-order valence-corrected chi connectivity index (χ0v) is 19.8. The van der Waals surface area contributed by atoms with Crippen LogP contribution >= 0.6 is 0 Å². The number of aliphatic carboxylic acids is 1. The van der Waals surface area contributed by atoms with Gasteiger partial charge in [0.05, 0.1) is 17.7 Å². The molecule has 0 aliphatic heterocycles. The molecule has 38 heavy (non-hydrogen) atoms. The Morgan fingerprint density at radius 3 is 2.26 bits per heavy atom. The van der Waals surface area contributed by atoms with Gasteiger partial charge < -0.3 is 26.6 Å². The number of carbonyl (C=O) groups is 2. The van der Waals surface area contributed by atoms with Crippen molar-refractivity contribution >= 4 is 17.6 Å². The Labute approximate surface area is 213 Å². The zero-order valence-electron chi connectivity index (χ0n) is 19.8. The summed E-state index contributed by atoms with van der Waals surface area (Å²) in [4.78, 5) is 36.4. The van der Waals surface area contributed by atoms with E-state index in [2.05, 4.69) is 5.32 Å². The smallest absolute Gasteiger partial charge is 0.320 e. The van der Waals surface area contributed by atoms with Crippen LogP contribution in [0.1, 0.15) is 28.8 Å². The van der Waals surface area contributed by atoms with Gasteiger partial charge in [0.25, 0.3) is 5.56 Å². The number of nitrogen functional groups attached to an aromatic ring is 1. The molecule has 0 unspecified atom stereocenters. The first-order valence-corrected chi connectivity index (χ1v) is 11.3. The van der Waals surface area contributed by atoms with Gasteiger partial charge in [-0.15, -0.1) is 0 Å². The maximum absolute atomic E-state index is 15.0. The summed E-state index contributed by atoms with van der Waals surface area (Å²) < 4.78 is 63.0. The average molecular weight is 536 g/mol. The van der Waals surface area contributed by atoms with E-state index in [9.17, 15) is 31.9 Å². The number of nitrogens with one attached hydrogen (secondary N) is 1. The molecule has 2 aromatic carbocycles. The number of ketones is 1. The van der Waals surface area contributed by atoms with Crippen LogP contribution < -0.4 is 27.1 Å². The summed E-state index contributed by atoms with van der Waals surface area (Å²) >= 11 is 0. The Balaban J connectivity index is 1.81. The fourth-order valence-electron chi connectivity index (χ4n) is 3.65. The van der Waals surface area contributed by atoms with Gasteiger partial charge in [0.2, 0.25) is 0 Å². The number of pyridine rings is 1. The number of nitrogens with two attached hydrogens (primary N) is 2. The molecule has 0 spiro atoms. The van der Waals surface area contributed by atoms with Crippen molar-refractivity contribution < 1.29 is 37.0 Å². The van der Waals surface area contributed by atoms with E-state index in [1.807, 2.05) is 0 Å². The van der Waals surface area contributed by atoms with Crippen LogP contribution in [0.15, 0.2) is 47.3 Å². The molecule has 0 amide bonds. The highest BCUT2D eigenvalue weighted by Gasteiger charge is 2.23. The molecular formula is C25H24F4N4O5. The Morgan fingerprint density at radius 2 is 1.66 bits per heavy atom. The van der Waals surface area contributed by atoms with Crippen molar-refractivity contribution in [3.8, 4) is 11.4 Å². The number of carbonyl (C=O) groups excluding carboxylic acids is 1. The highest BCUT2D eigenvalue weighted by atomic mass is 19.1. The minimum absolute atomic E-state index is 0.0184. The van der Waals surface area contributed by atoms with E-state index in [0.29, 0.717) is 17.1 Å². The van der Waals surface area contributed by atoms with E-state index in [0.717, 1.165) is 36.4 Å². The Kier molecular flexibility index (Phi) is 9.20. The number of benzene rings is 2. The van der Waals surface area contributed by atoms with Crippen LogP contribution in [0.5, 0.6) is 5.75 Å². The topological polar surface area (TPSA) is 150 Å². The lowest BCUT2D eigenvalue weighted by molar-refractivity contribution is -0.139. The van der Waals surface area contributed by atoms with Crippen LogP contribution in [-0.2, 0) is 4.79 Å². The second kappa shape index (κ2) is 12.3. The molecule has 0 radical (unpaired) electrons.